The van der Waals surface area contributed by atoms with E-state index in [1.807, 2.05) is 0 Å². The Morgan fingerprint density at radius 3 is 2.22 bits per heavy atom. The van der Waals surface area contributed by atoms with Crippen molar-refractivity contribution >= 4 is 40.8 Å². The van der Waals surface area contributed by atoms with Crippen LogP contribution in [-0.4, -0.2) is 25.6 Å². The Bertz CT molecular complexity index is 1070. The lowest BCUT2D eigenvalue weighted by Gasteiger charge is -2.09. The van der Waals surface area contributed by atoms with E-state index in [1.54, 1.807) is 73.8 Å². The van der Waals surface area contributed by atoms with Gasteiger partial charge in [-0.15, -0.1) is 0 Å². The lowest BCUT2D eigenvalue weighted by atomic mass is 10.2. The quantitative estimate of drug-likeness (QED) is 0.233. The standard InChI is InChI=1S/C24H21Cl2NO5/c1-30-18-9-11-19(12-10-18)31-14-2-3-23(28)32-20-7-4-16(5-8-20)24(29)27-22-15-17(25)6-13-21(22)26/h4-13,15H,2-3,14H2,1H3,(H,27,29). The van der Waals surface area contributed by atoms with Crippen LogP contribution in [0, 0.1) is 0 Å². The van der Waals surface area contributed by atoms with Crippen molar-refractivity contribution in [3.8, 4) is 17.2 Å². The van der Waals surface area contributed by atoms with E-state index < -0.39 is 0 Å². The molecule has 3 rings (SSSR count). The summed E-state index contributed by atoms with van der Waals surface area (Å²) in [5.74, 6) is 1.06. The maximum absolute atomic E-state index is 12.4. The fraction of sp³-hybridized carbons (Fsp3) is 0.167. The van der Waals surface area contributed by atoms with Crippen LogP contribution in [0.2, 0.25) is 10.0 Å². The minimum atomic E-state index is -0.383. The van der Waals surface area contributed by atoms with Gasteiger partial charge in [0.1, 0.15) is 17.2 Å². The molecule has 0 atom stereocenters. The Kier molecular flexibility index (Phi) is 8.36. The van der Waals surface area contributed by atoms with Gasteiger partial charge in [-0.25, -0.2) is 0 Å². The smallest absolute Gasteiger partial charge is 0.311 e. The molecule has 0 spiro atoms. The molecular formula is C24H21Cl2NO5. The zero-order chi connectivity index (χ0) is 22.9. The summed E-state index contributed by atoms with van der Waals surface area (Å²) in [6.07, 6.45) is 0.706. The summed E-state index contributed by atoms with van der Waals surface area (Å²) in [7, 11) is 1.60. The van der Waals surface area contributed by atoms with E-state index in [4.69, 9.17) is 37.4 Å². The topological polar surface area (TPSA) is 73.9 Å². The molecule has 0 aliphatic rings. The molecule has 0 unspecified atom stereocenters. The number of carbonyl (C=O) groups is 2. The Balaban J connectivity index is 1.43. The van der Waals surface area contributed by atoms with Crippen LogP contribution < -0.4 is 19.5 Å². The second-order valence-electron chi connectivity index (χ2n) is 6.70. The van der Waals surface area contributed by atoms with Gasteiger partial charge in [0.15, 0.2) is 0 Å². The van der Waals surface area contributed by atoms with Crippen molar-refractivity contribution < 1.29 is 23.8 Å². The highest BCUT2D eigenvalue weighted by Gasteiger charge is 2.11. The Hall–Kier alpha value is -3.22. The minimum absolute atomic E-state index is 0.200. The molecule has 3 aromatic rings. The molecule has 0 bridgehead atoms. The van der Waals surface area contributed by atoms with Gasteiger partial charge in [-0.05, 0) is 73.2 Å². The molecule has 0 aromatic heterocycles. The summed E-state index contributed by atoms with van der Waals surface area (Å²) in [6.45, 7) is 0.382. The number of halogens is 2. The maximum atomic E-state index is 12.4. The number of hydrogen-bond donors (Lipinski definition) is 1. The Morgan fingerprint density at radius 1 is 0.875 bits per heavy atom. The van der Waals surface area contributed by atoms with E-state index in [9.17, 15) is 9.59 Å². The van der Waals surface area contributed by atoms with E-state index in [0.29, 0.717) is 45.8 Å². The van der Waals surface area contributed by atoms with Gasteiger partial charge < -0.3 is 19.5 Å². The molecule has 8 heteroatoms. The zero-order valence-electron chi connectivity index (χ0n) is 17.3. The maximum Gasteiger partial charge on any atom is 0.311 e. The minimum Gasteiger partial charge on any atom is -0.497 e. The molecule has 166 valence electrons. The number of rotatable bonds is 9. The largest absolute Gasteiger partial charge is 0.497 e. The first-order valence-corrected chi connectivity index (χ1v) is 10.5. The number of ether oxygens (including phenoxy) is 3. The van der Waals surface area contributed by atoms with Crippen LogP contribution in [0.1, 0.15) is 23.2 Å². The lowest BCUT2D eigenvalue weighted by Crippen LogP contribution is -2.13. The highest BCUT2D eigenvalue weighted by Crippen LogP contribution is 2.26. The number of esters is 1. The third kappa shape index (κ3) is 6.90. The molecule has 0 aliphatic carbocycles. The van der Waals surface area contributed by atoms with Gasteiger partial charge >= 0.3 is 5.97 Å². The van der Waals surface area contributed by atoms with Crippen molar-refractivity contribution in [2.24, 2.45) is 0 Å². The van der Waals surface area contributed by atoms with Gasteiger partial charge in [-0.2, -0.15) is 0 Å². The molecule has 3 aromatic carbocycles. The van der Waals surface area contributed by atoms with E-state index in [2.05, 4.69) is 5.32 Å². The predicted octanol–water partition coefficient (Wildman–Crippen LogP) is 6.02. The molecule has 1 amide bonds. The van der Waals surface area contributed by atoms with Gasteiger partial charge in [0.05, 0.1) is 24.4 Å². The fourth-order valence-corrected chi connectivity index (χ4v) is 3.06. The summed E-state index contributed by atoms with van der Waals surface area (Å²) >= 11 is 12.0. The summed E-state index contributed by atoms with van der Waals surface area (Å²) < 4.78 is 16.0. The summed E-state index contributed by atoms with van der Waals surface area (Å²) in [5.41, 5.74) is 0.797. The molecule has 1 N–H and O–H groups in total. The fourth-order valence-electron chi connectivity index (χ4n) is 2.72. The van der Waals surface area contributed by atoms with Crippen molar-refractivity contribution in [3.63, 3.8) is 0 Å². The summed E-state index contributed by atoms with van der Waals surface area (Å²) in [5, 5.41) is 3.54. The Labute approximate surface area is 196 Å². The highest BCUT2D eigenvalue weighted by molar-refractivity contribution is 6.35. The molecule has 0 aliphatic heterocycles. The molecule has 0 radical (unpaired) electrons. The van der Waals surface area contributed by atoms with Gasteiger partial charge in [0, 0.05) is 17.0 Å². The number of anilines is 1. The monoisotopic (exact) mass is 473 g/mol. The van der Waals surface area contributed by atoms with Gasteiger partial charge in [0.2, 0.25) is 0 Å². The van der Waals surface area contributed by atoms with E-state index in [0.717, 1.165) is 5.75 Å². The zero-order valence-corrected chi connectivity index (χ0v) is 18.8. The highest BCUT2D eigenvalue weighted by atomic mass is 35.5. The number of amides is 1. The number of methoxy groups -OCH3 is 1. The normalized spacial score (nSPS) is 10.3. The van der Waals surface area contributed by atoms with Gasteiger partial charge in [-0.3, -0.25) is 9.59 Å². The molecular weight excluding hydrogens is 453 g/mol. The first-order chi connectivity index (χ1) is 15.4. The second kappa shape index (κ2) is 11.4. The molecule has 0 fully saturated rings. The average Bonchev–Trinajstić information content (AvgIpc) is 2.80. The lowest BCUT2D eigenvalue weighted by molar-refractivity contribution is -0.134. The van der Waals surface area contributed by atoms with E-state index in [-0.39, 0.29) is 18.3 Å². The van der Waals surface area contributed by atoms with Crippen LogP contribution in [0.4, 0.5) is 5.69 Å². The average molecular weight is 474 g/mol. The summed E-state index contributed by atoms with van der Waals surface area (Å²) in [6, 6.07) is 18.2. The van der Waals surface area contributed by atoms with Crippen LogP contribution in [-0.2, 0) is 4.79 Å². The molecule has 0 saturated heterocycles. The number of nitrogens with one attached hydrogen (secondary N) is 1. The van der Waals surface area contributed by atoms with Crippen molar-refractivity contribution in [3.05, 3.63) is 82.3 Å². The molecule has 0 heterocycles. The SMILES string of the molecule is COc1ccc(OCCCC(=O)Oc2ccc(C(=O)Nc3cc(Cl)ccc3Cl)cc2)cc1. The third-order valence-corrected chi connectivity index (χ3v) is 4.94. The van der Waals surface area contributed by atoms with Crippen LogP contribution >= 0.6 is 23.2 Å². The van der Waals surface area contributed by atoms with Crippen molar-refractivity contribution in [2.45, 2.75) is 12.8 Å². The second-order valence-corrected chi connectivity index (χ2v) is 7.55. The van der Waals surface area contributed by atoms with Crippen LogP contribution in [0.15, 0.2) is 66.7 Å². The number of hydrogen-bond acceptors (Lipinski definition) is 5. The van der Waals surface area contributed by atoms with Crippen molar-refractivity contribution in [1.82, 2.24) is 0 Å². The number of carbonyl (C=O) groups excluding carboxylic acids is 2. The van der Waals surface area contributed by atoms with E-state index in [1.165, 1.54) is 0 Å². The molecule has 32 heavy (non-hydrogen) atoms. The third-order valence-electron chi connectivity index (χ3n) is 4.38. The molecule has 0 saturated carbocycles. The first-order valence-electron chi connectivity index (χ1n) is 9.78. The summed E-state index contributed by atoms with van der Waals surface area (Å²) in [4.78, 5) is 24.4. The van der Waals surface area contributed by atoms with Crippen LogP contribution in [0.3, 0.4) is 0 Å². The van der Waals surface area contributed by atoms with Crippen molar-refractivity contribution in [2.75, 3.05) is 19.0 Å². The van der Waals surface area contributed by atoms with Gasteiger partial charge in [0.25, 0.3) is 5.91 Å². The Morgan fingerprint density at radius 2 is 1.53 bits per heavy atom. The van der Waals surface area contributed by atoms with Crippen LogP contribution in [0.5, 0.6) is 17.2 Å². The predicted molar refractivity (Wildman–Crippen MR) is 124 cm³/mol. The van der Waals surface area contributed by atoms with Gasteiger partial charge in [-0.1, -0.05) is 23.2 Å². The first kappa shape index (κ1) is 23.4. The van der Waals surface area contributed by atoms with E-state index >= 15 is 0 Å². The molecule has 6 nitrogen and oxygen atoms in total. The van der Waals surface area contributed by atoms with Crippen molar-refractivity contribution in [1.29, 1.82) is 0 Å². The van der Waals surface area contributed by atoms with Crippen LogP contribution in [0.25, 0.3) is 0 Å². The number of benzene rings is 3.